The van der Waals surface area contributed by atoms with Crippen molar-refractivity contribution in [2.24, 2.45) is 0 Å². The zero-order chi connectivity index (χ0) is 16.8. The first-order valence-electron chi connectivity index (χ1n) is 8.19. The van der Waals surface area contributed by atoms with Crippen molar-refractivity contribution in [1.82, 2.24) is 9.80 Å². The van der Waals surface area contributed by atoms with Crippen LogP contribution >= 0.6 is 0 Å². The highest BCUT2D eigenvalue weighted by molar-refractivity contribution is 5.94. The number of ether oxygens (including phenoxy) is 1. The standard InChI is InChI=1S/C18H26N2O3/c1-14(2)15-4-6-16(7-5-15)18(22)20-11-9-19(10-12-20)17(21)8-13-23-3/h4-7,14H,8-13H2,1-3H3. The maximum atomic E-state index is 12.5. The van der Waals surface area contributed by atoms with E-state index in [-0.39, 0.29) is 11.8 Å². The highest BCUT2D eigenvalue weighted by Gasteiger charge is 2.24. The van der Waals surface area contributed by atoms with E-state index in [9.17, 15) is 9.59 Å². The molecule has 5 nitrogen and oxygen atoms in total. The van der Waals surface area contributed by atoms with Crippen LogP contribution in [0, 0.1) is 0 Å². The molecule has 126 valence electrons. The van der Waals surface area contributed by atoms with Crippen LogP contribution in [0.4, 0.5) is 0 Å². The van der Waals surface area contributed by atoms with Crippen molar-refractivity contribution in [1.29, 1.82) is 0 Å². The number of rotatable bonds is 5. The van der Waals surface area contributed by atoms with Crippen molar-refractivity contribution in [2.45, 2.75) is 26.2 Å². The lowest BCUT2D eigenvalue weighted by atomic mass is 10.0. The first kappa shape index (κ1) is 17.5. The van der Waals surface area contributed by atoms with Gasteiger partial charge in [0, 0.05) is 38.9 Å². The number of carbonyl (C=O) groups excluding carboxylic acids is 2. The van der Waals surface area contributed by atoms with Gasteiger partial charge < -0.3 is 14.5 Å². The van der Waals surface area contributed by atoms with Crippen LogP contribution in [0.25, 0.3) is 0 Å². The summed E-state index contributed by atoms with van der Waals surface area (Å²) in [5.41, 5.74) is 1.95. The van der Waals surface area contributed by atoms with Gasteiger partial charge in [-0.25, -0.2) is 0 Å². The van der Waals surface area contributed by atoms with E-state index in [1.54, 1.807) is 7.11 Å². The summed E-state index contributed by atoms with van der Waals surface area (Å²) in [6.07, 6.45) is 0.404. The van der Waals surface area contributed by atoms with Gasteiger partial charge in [-0.05, 0) is 23.6 Å². The Labute approximate surface area is 138 Å². The van der Waals surface area contributed by atoms with E-state index in [0.717, 1.165) is 0 Å². The molecule has 2 rings (SSSR count). The maximum Gasteiger partial charge on any atom is 0.253 e. The smallest absolute Gasteiger partial charge is 0.253 e. The number of hydrogen-bond donors (Lipinski definition) is 0. The second-order valence-corrected chi connectivity index (χ2v) is 6.19. The Morgan fingerprint density at radius 2 is 1.61 bits per heavy atom. The SMILES string of the molecule is COCCC(=O)N1CCN(C(=O)c2ccc(C(C)C)cc2)CC1. The summed E-state index contributed by atoms with van der Waals surface area (Å²) in [5, 5.41) is 0. The molecule has 0 aromatic heterocycles. The Morgan fingerprint density at radius 3 is 2.13 bits per heavy atom. The first-order valence-corrected chi connectivity index (χ1v) is 8.19. The van der Waals surface area contributed by atoms with Gasteiger partial charge in [-0.1, -0.05) is 26.0 Å². The van der Waals surface area contributed by atoms with Crippen LogP contribution in [0.3, 0.4) is 0 Å². The Balaban J connectivity index is 1.89. The summed E-state index contributed by atoms with van der Waals surface area (Å²) >= 11 is 0. The molecule has 0 spiro atoms. The van der Waals surface area contributed by atoms with Crippen molar-refractivity contribution in [2.75, 3.05) is 39.9 Å². The molecule has 5 heteroatoms. The van der Waals surface area contributed by atoms with Gasteiger partial charge in [0.1, 0.15) is 0 Å². The van der Waals surface area contributed by atoms with Crippen LogP contribution in [0.5, 0.6) is 0 Å². The van der Waals surface area contributed by atoms with Crippen molar-refractivity contribution in [3.63, 3.8) is 0 Å². The van der Waals surface area contributed by atoms with Crippen LogP contribution in [0.1, 0.15) is 42.1 Å². The molecule has 1 fully saturated rings. The van der Waals surface area contributed by atoms with E-state index in [1.807, 2.05) is 34.1 Å². The van der Waals surface area contributed by atoms with Gasteiger partial charge in [-0.15, -0.1) is 0 Å². The fraction of sp³-hybridized carbons (Fsp3) is 0.556. The maximum absolute atomic E-state index is 12.5. The zero-order valence-electron chi connectivity index (χ0n) is 14.2. The topological polar surface area (TPSA) is 49.9 Å². The van der Waals surface area contributed by atoms with Crippen LogP contribution in [0.2, 0.25) is 0 Å². The fourth-order valence-corrected chi connectivity index (χ4v) is 2.70. The van der Waals surface area contributed by atoms with Crippen molar-refractivity contribution in [3.8, 4) is 0 Å². The average Bonchev–Trinajstić information content (AvgIpc) is 2.59. The first-order chi connectivity index (χ1) is 11.0. The molecule has 1 heterocycles. The van der Waals surface area contributed by atoms with Gasteiger partial charge in [-0.2, -0.15) is 0 Å². The van der Waals surface area contributed by atoms with Crippen LogP contribution in [0.15, 0.2) is 24.3 Å². The molecule has 0 bridgehead atoms. The summed E-state index contributed by atoms with van der Waals surface area (Å²) in [7, 11) is 1.59. The second kappa shape index (κ2) is 8.11. The van der Waals surface area contributed by atoms with E-state index in [4.69, 9.17) is 4.74 Å². The lowest BCUT2D eigenvalue weighted by molar-refractivity contribution is -0.133. The summed E-state index contributed by atoms with van der Waals surface area (Å²) < 4.78 is 4.93. The molecule has 23 heavy (non-hydrogen) atoms. The molecule has 0 atom stereocenters. The number of benzene rings is 1. The predicted molar refractivity (Wildman–Crippen MR) is 89.5 cm³/mol. The molecule has 1 aromatic carbocycles. The highest BCUT2D eigenvalue weighted by atomic mass is 16.5. The summed E-state index contributed by atoms with van der Waals surface area (Å²) in [6, 6.07) is 7.83. The zero-order valence-corrected chi connectivity index (χ0v) is 14.2. The van der Waals surface area contributed by atoms with Gasteiger partial charge in [0.05, 0.1) is 13.0 Å². The van der Waals surface area contributed by atoms with E-state index in [0.29, 0.717) is 50.7 Å². The fourth-order valence-electron chi connectivity index (χ4n) is 2.70. The molecule has 0 N–H and O–H groups in total. The third-order valence-electron chi connectivity index (χ3n) is 4.26. The number of amides is 2. The number of methoxy groups -OCH3 is 1. The van der Waals surface area contributed by atoms with Crippen LogP contribution < -0.4 is 0 Å². The molecule has 1 aromatic rings. The molecule has 0 unspecified atom stereocenters. The Morgan fingerprint density at radius 1 is 1.04 bits per heavy atom. The summed E-state index contributed by atoms with van der Waals surface area (Å²) in [5.74, 6) is 0.602. The second-order valence-electron chi connectivity index (χ2n) is 6.19. The van der Waals surface area contributed by atoms with Gasteiger partial charge in [0.2, 0.25) is 5.91 Å². The molecular formula is C18H26N2O3. The predicted octanol–water partition coefficient (Wildman–Crippen LogP) is 2.13. The van der Waals surface area contributed by atoms with Gasteiger partial charge in [-0.3, -0.25) is 9.59 Å². The summed E-state index contributed by atoms with van der Waals surface area (Å²) in [6.45, 7) is 7.08. The van der Waals surface area contributed by atoms with Crippen molar-refractivity contribution in [3.05, 3.63) is 35.4 Å². The minimum Gasteiger partial charge on any atom is -0.384 e. The molecule has 0 aliphatic carbocycles. The Kier molecular flexibility index (Phi) is 6.16. The normalized spacial score (nSPS) is 15.1. The van der Waals surface area contributed by atoms with Crippen LogP contribution in [-0.4, -0.2) is 61.5 Å². The molecule has 2 amide bonds. The van der Waals surface area contributed by atoms with E-state index in [2.05, 4.69) is 13.8 Å². The minimum atomic E-state index is 0.0456. The molecule has 1 saturated heterocycles. The molecule has 0 radical (unpaired) electrons. The van der Waals surface area contributed by atoms with Gasteiger partial charge in [0.15, 0.2) is 0 Å². The Bertz CT molecular complexity index is 532. The van der Waals surface area contributed by atoms with E-state index < -0.39 is 0 Å². The largest absolute Gasteiger partial charge is 0.384 e. The quantitative estimate of drug-likeness (QED) is 0.836. The minimum absolute atomic E-state index is 0.0456. The third kappa shape index (κ3) is 4.55. The van der Waals surface area contributed by atoms with Crippen molar-refractivity contribution < 1.29 is 14.3 Å². The number of piperazine rings is 1. The summed E-state index contributed by atoms with van der Waals surface area (Å²) in [4.78, 5) is 28.1. The third-order valence-corrected chi connectivity index (χ3v) is 4.26. The van der Waals surface area contributed by atoms with Gasteiger partial charge >= 0.3 is 0 Å². The number of carbonyl (C=O) groups is 2. The number of nitrogens with zero attached hydrogens (tertiary/aromatic N) is 2. The average molecular weight is 318 g/mol. The Hall–Kier alpha value is -1.88. The van der Waals surface area contributed by atoms with Crippen molar-refractivity contribution >= 4 is 11.8 Å². The van der Waals surface area contributed by atoms with Gasteiger partial charge in [0.25, 0.3) is 5.91 Å². The molecular weight excluding hydrogens is 292 g/mol. The molecule has 0 saturated carbocycles. The molecule has 1 aliphatic rings. The lowest BCUT2D eigenvalue weighted by Crippen LogP contribution is -2.50. The lowest BCUT2D eigenvalue weighted by Gasteiger charge is -2.35. The van der Waals surface area contributed by atoms with Crippen LogP contribution in [-0.2, 0) is 9.53 Å². The van der Waals surface area contributed by atoms with E-state index in [1.165, 1.54) is 5.56 Å². The number of hydrogen-bond acceptors (Lipinski definition) is 3. The van der Waals surface area contributed by atoms with E-state index >= 15 is 0 Å². The monoisotopic (exact) mass is 318 g/mol. The molecule has 1 aliphatic heterocycles. The highest BCUT2D eigenvalue weighted by Crippen LogP contribution is 2.16.